The van der Waals surface area contributed by atoms with Gasteiger partial charge in [-0.15, -0.1) is 0 Å². The molecule has 0 aliphatic carbocycles. The number of carbonyl (C=O) groups excluding carboxylic acids is 1. The number of piperidine rings is 1. The molecule has 1 fully saturated rings. The Kier molecular flexibility index (Phi) is 4.70. The predicted molar refractivity (Wildman–Crippen MR) is 77.9 cm³/mol. The van der Waals surface area contributed by atoms with Crippen LogP contribution in [-0.2, 0) is 4.74 Å². The summed E-state index contributed by atoms with van der Waals surface area (Å²) in [7, 11) is 0. The van der Waals surface area contributed by atoms with Crippen molar-refractivity contribution in [2.45, 2.75) is 45.3 Å². The average Bonchev–Trinajstić information content (AvgIpc) is 2.37. The van der Waals surface area contributed by atoms with Gasteiger partial charge in [0.25, 0.3) is 0 Å². The van der Waals surface area contributed by atoms with Crippen molar-refractivity contribution in [3.05, 3.63) is 30.1 Å². The SMILES string of the molecule is CC(C)(C)OC(=O)N1CCC[C@H](Oc2cccc(F)c2)C1. The number of halogens is 1. The van der Waals surface area contributed by atoms with Crippen LogP contribution in [0.4, 0.5) is 9.18 Å². The van der Waals surface area contributed by atoms with Crippen LogP contribution in [0.3, 0.4) is 0 Å². The summed E-state index contributed by atoms with van der Waals surface area (Å²) in [6, 6.07) is 6.06. The Labute approximate surface area is 124 Å². The summed E-state index contributed by atoms with van der Waals surface area (Å²) in [4.78, 5) is 13.7. The number of likely N-dealkylation sites (tertiary alicyclic amines) is 1. The van der Waals surface area contributed by atoms with Crippen molar-refractivity contribution in [3.8, 4) is 5.75 Å². The van der Waals surface area contributed by atoms with Crippen molar-refractivity contribution in [1.29, 1.82) is 0 Å². The molecule has 0 unspecified atom stereocenters. The first kappa shape index (κ1) is 15.6. The van der Waals surface area contributed by atoms with Crippen molar-refractivity contribution in [2.75, 3.05) is 13.1 Å². The van der Waals surface area contributed by atoms with E-state index in [1.165, 1.54) is 12.1 Å². The maximum atomic E-state index is 13.1. The van der Waals surface area contributed by atoms with Crippen molar-refractivity contribution in [1.82, 2.24) is 4.90 Å². The van der Waals surface area contributed by atoms with E-state index in [9.17, 15) is 9.18 Å². The zero-order valence-electron chi connectivity index (χ0n) is 12.8. The minimum atomic E-state index is -0.507. The number of hydrogen-bond donors (Lipinski definition) is 0. The molecule has 1 saturated heterocycles. The van der Waals surface area contributed by atoms with Gasteiger partial charge in [0.05, 0.1) is 6.54 Å². The highest BCUT2D eigenvalue weighted by atomic mass is 19.1. The lowest BCUT2D eigenvalue weighted by Gasteiger charge is -2.34. The molecule has 1 heterocycles. The summed E-state index contributed by atoms with van der Waals surface area (Å²) in [5, 5.41) is 0. The molecule has 1 atom stereocenters. The standard InChI is InChI=1S/C16H22FNO3/c1-16(2,3)21-15(19)18-9-5-8-14(11-18)20-13-7-4-6-12(17)10-13/h4,6-7,10,14H,5,8-9,11H2,1-3H3/t14-/m0/s1. The fourth-order valence-electron chi connectivity index (χ4n) is 2.26. The van der Waals surface area contributed by atoms with Gasteiger partial charge in [0, 0.05) is 12.6 Å². The largest absolute Gasteiger partial charge is 0.488 e. The highest BCUT2D eigenvalue weighted by molar-refractivity contribution is 5.68. The number of hydrogen-bond acceptors (Lipinski definition) is 3. The highest BCUT2D eigenvalue weighted by Gasteiger charge is 2.28. The van der Waals surface area contributed by atoms with Gasteiger partial charge in [-0.3, -0.25) is 0 Å². The van der Waals surface area contributed by atoms with Gasteiger partial charge in [-0.25, -0.2) is 9.18 Å². The first-order chi connectivity index (χ1) is 9.83. The van der Waals surface area contributed by atoms with Crippen LogP contribution in [0, 0.1) is 5.82 Å². The van der Waals surface area contributed by atoms with E-state index in [0.717, 1.165) is 12.8 Å². The van der Waals surface area contributed by atoms with Gasteiger partial charge in [0.15, 0.2) is 0 Å². The fraction of sp³-hybridized carbons (Fsp3) is 0.562. The second kappa shape index (κ2) is 6.33. The number of nitrogens with zero attached hydrogens (tertiary/aromatic N) is 1. The first-order valence-electron chi connectivity index (χ1n) is 7.24. The molecule has 1 amide bonds. The van der Waals surface area contributed by atoms with Crippen molar-refractivity contribution in [2.24, 2.45) is 0 Å². The third kappa shape index (κ3) is 4.92. The molecule has 1 aliphatic rings. The molecule has 1 aliphatic heterocycles. The molecule has 2 rings (SSSR count). The van der Waals surface area contributed by atoms with E-state index in [2.05, 4.69) is 0 Å². The van der Waals surface area contributed by atoms with Crippen LogP contribution in [0.1, 0.15) is 33.6 Å². The van der Waals surface area contributed by atoms with E-state index >= 15 is 0 Å². The minimum Gasteiger partial charge on any atom is -0.488 e. The highest BCUT2D eigenvalue weighted by Crippen LogP contribution is 2.20. The molecule has 0 bridgehead atoms. The quantitative estimate of drug-likeness (QED) is 0.836. The summed E-state index contributed by atoms with van der Waals surface area (Å²) >= 11 is 0. The van der Waals surface area contributed by atoms with E-state index < -0.39 is 5.60 Å². The van der Waals surface area contributed by atoms with Gasteiger partial charge in [0.1, 0.15) is 23.3 Å². The van der Waals surface area contributed by atoms with Gasteiger partial charge in [-0.2, -0.15) is 0 Å². The monoisotopic (exact) mass is 295 g/mol. The summed E-state index contributed by atoms with van der Waals surface area (Å²) in [6.45, 7) is 6.66. The molecule has 0 radical (unpaired) electrons. The summed E-state index contributed by atoms with van der Waals surface area (Å²) < 4.78 is 24.3. The van der Waals surface area contributed by atoms with Gasteiger partial charge in [0.2, 0.25) is 0 Å². The number of rotatable bonds is 2. The maximum Gasteiger partial charge on any atom is 0.410 e. The van der Waals surface area contributed by atoms with Crippen molar-refractivity contribution >= 4 is 6.09 Å². The van der Waals surface area contributed by atoms with E-state index in [4.69, 9.17) is 9.47 Å². The molecule has 4 nitrogen and oxygen atoms in total. The molecule has 1 aromatic carbocycles. The van der Waals surface area contributed by atoms with Crippen molar-refractivity contribution in [3.63, 3.8) is 0 Å². The summed E-state index contributed by atoms with van der Waals surface area (Å²) in [6.07, 6.45) is 1.23. The third-order valence-electron chi connectivity index (χ3n) is 3.13. The molecule has 0 N–H and O–H groups in total. The van der Waals surface area contributed by atoms with Gasteiger partial charge >= 0.3 is 6.09 Å². The van der Waals surface area contributed by atoms with Gasteiger partial charge < -0.3 is 14.4 Å². The molecule has 0 spiro atoms. The molecule has 21 heavy (non-hydrogen) atoms. The normalized spacial score (nSPS) is 19.2. The minimum absolute atomic E-state index is 0.131. The lowest BCUT2D eigenvalue weighted by Crippen LogP contribution is -2.46. The summed E-state index contributed by atoms with van der Waals surface area (Å²) in [5.74, 6) is 0.165. The Morgan fingerprint density at radius 1 is 1.38 bits per heavy atom. The molecule has 116 valence electrons. The van der Waals surface area contributed by atoms with Crippen LogP contribution in [0.5, 0.6) is 5.75 Å². The average molecular weight is 295 g/mol. The Hall–Kier alpha value is -1.78. The first-order valence-corrected chi connectivity index (χ1v) is 7.24. The zero-order valence-corrected chi connectivity index (χ0v) is 12.8. The van der Waals surface area contributed by atoms with Crippen LogP contribution in [0.2, 0.25) is 0 Å². The fourth-order valence-corrected chi connectivity index (χ4v) is 2.26. The smallest absolute Gasteiger partial charge is 0.410 e. The van der Waals surface area contributed by atoms with E-state index in [1.807, 2.05) is 20.8 Å². The second-order valence-electron chi connectivity index (χ2n) is 6.27. The number of ether oxygens (including phenoxy) is 2. The Bertz CT molecular complexity index is 499. The van der Waals surface area contributed by atoms with Gasteiger partial charge in [-0.05, 0) is 45.7 Å². The Morgan fingerprint density at radius 3 is 2.81 bits per heavy atom. The zero-order chi connectivity index (χ0) is 15.5. The summed E-state index contributed by atoms with van der Waals surface area (Å²) in [5.41, 5.74) is -0.507. The topological polar surface area (TPSA) is 38.8 Å². The number of amides is 1. The second-order valence-corrected chi connectivity index (χ2v) is 6.27. The molecule has 5 heteroatoms. The molecular weight excluding hydrogens is 273 g/mol. The van der Waals surface area contributed by atoms with E-state index in [-0.39, 0.29) is 18.0 Å². The van der Waals surface area contributed by atoms with Gasteiger partial charge in [-0.1, -0.05) is 6.07 Å². The molecule has 1 aromatic rings. The Balaban J connectivity index is 1.93. The number of carbonyl (C=O) groups is 1. The Morgan fingerprint density at radius 2 is 2.14 bits per heavy atom. The molecular formula is C16H22FNO3. The number of benzene rings is 1. The van der Waals surface area contributed by atoms with Crippen LogP contribution in [0.15, 0.2) is 24.3 Å². The molecule has 0 aromatic heterocycles. The van der Waals surface area contributed by atoms with Crippen LogP contribution < -0.4 is 4.74 Å². The van der Waals surface area contributed by atoms with E-state index in [0.29, 0.717) is 18.8 Å². The van der Waals surface area contributed by atoms with Crippen LogP contribution in [-0.4, -0.2) is 35.8 Å². The maximum absolute atomic E-state index is 13.1. The van der Waals surface area contributed by atoms with Crippen molar-refractivity contribution < 1.29 is 18.7 Å². The van der Waals surface area contributed by atoms with Crippen LogP contribution >= 0.6 is 0 Å². The molecule has 0 saturated carbocycles. The third-order valence-corrected chi connectivity index (χ3v) is 3.13. The lowest BCUT2D eigenvalue weighted by atomic mass is 10.1. The van der Waals surface area contributed by atoms with E-state index in [1.54, 1.807) is 17.0 Å². The van der Waals surface area contributed by atoms with Crippen LogP contribution in [0.25, 0.3) is 0 Å². The predicted octanol–water partition coefficient (Wildman–Crippen LogP) is 3.60. The lowest BCUT2D eigenvalue weighted by molar-refractivity contribution is 0.00772.